The Labute approximate surface area is 182 Å². The highest BCUT2D eigenvalue weighted by molar-refractivity contribution is 7.66. The molecule has 9 N–H and O–H groups in total. The van der Waals surface area contributed by atoms with Gasteiger partial charge in [0, 0.05) is 6.54 Å². The second-order valence-corrected chi connectivity index (χ2v) is 11.0. The number of aliphatic hydroxyl groups is 1. The van der Waals surface area contributed by atoms with E-state index >= 15 is 0 Å². The van der Waals surface area contributed by atoms with E-state index in [2.05, 4.69) is 28.1 Å². The summed E-state index contributed by atoms with van der Waals surface area (Å²) in [6, 6.07) is 0. The third kappa shape index (κ3) is 5.63. The van der Waals surface area contributed by atoms with Gasteiger partial charge in [0.25, 0.3) is 0 Å². The van der Waals surface area contributed by atoms with Gasteiger partial charge < -0.3 is 40.9 Å². The standard InChI is InChI=1S/C11H18FN6O12P3/c12-5-7(19)11(1-13,2-27-32(23,24)30-33(25,26)29-31(20,21)22)28-10(5)18-4-17-6-8(14)15-3-16-9(6)18/h3-5,7,10,19H,1-2,13H2,(H,23,24)(H,25,26)(H2,14,15,16)(H2,20,21,22)/t5-,7+,10?,11-/m1/s1. The quantitative estimate of drug-likeness (QED) is 0.182. The molecule has 0 radical (unpaired) electrons. The minimum Gasteiger partial charge on any atom is -0.387 e. The summed E-state index contributed by atoms with van der Waals surface area (Å²) in [6.45, 7) is -1.86. The maximum atomic E-state index is 15.0. The molecule has 0 bridgehead atoms. The highest BCUT2D eigenvalue weighted by Gasteiger charge is 2.57. The van der Waals surface area contributed by atoms with Crippen LogP contribution in [-0.2, 0) is 31.6 Å². The first-order valence-corrected chi connectivity index (χ1v) is 13.0. The van der Waals surface area contributed by atoms with Gasteiger partial charge in [0.05, 0.1) is 12.9 Å². The molecule has 18 nitrogen and oxygen atoms in total. The maximum Gasteiger partial charge on any atom is 0.490 e. The van der Waals surface area contributed by atoms with Crippen LogP contribution in [0.1, 0.15) is 6.23 Å². The summed E-state index contributed by atoms with van der Waals surface area (Å²) in [4.78, 5) is 47.5. The van der Waals surface area contributed by atoms with Crippen molar-refractivity contribution in [2.45, 2.75) is 24.1 Å². The van der Waals surface area contributed by atoms with Crippen LogP contribution in [0.5, 0.6) is 0 Å². The van der Waals surface area contributed by atoms with Gasteiger partial charge in [-0.15, -0.1) is 0 Å². The van der Waals surface area contributed by atoms with E-state index in [1.54, 1.807) is 0 Å². The van der Waals surface area contributed by atoms with Crippen LogP contribution < -0.4 is 11.5 Å². The Balaban J connectivity index is 1.80. The number of hydrogen-bond acceptors (Lipinski definition) is 13. The van der Waals surface area contributed by atoms with Crippen molar-refractivity contribution in [2.75, 3.05) is 18.9 Å². The predicted octanol–water partition coefficient (Wildman–Crippen LogP) is -1.32. The number of nitrogens with zero attached hydrogens (tertiary/aromatic N) is 4. The average Bonchev–Trinajstić information content (AvgIpc) is 3.19. The number of aliphatic hydroxyl groups excluding tert-OH is 1. The Hall–Kier alpha value is -1.43. The fourth-order valence-electron chi connectivity index (χ4n) is 2.93. The summed E-state index contributed by atoms with van der Waals surface area (Å²) >= 11 is 0. The second-order valence-electron chi connectivity index (χ2n) is 6.61. The summed E-state index contributed by atoms with van der Waals surface area (Å²) in [5.41, 5.74) is 9.17. The Kier molecular flexibility index (Phi) is 7.12. The fraction of sp³-hybridized carbons (Fsp3) is 0.545. The molecule has 2 aromatic rings. The third-order valence-corrected chi connectivity index (χ3v) is 8.15. The molecular weight excluding hydrogens is 520 g/mol. The SMILES string of the molecule is NC[C@]1(COP(=O)(O)OP(=O)(O)OP(=O)(O)O)OC(n2cnc3c(N)ncnc32)[C@H](F)[C@@H]1O. The van der Waals surface area contributed by atoms with Crippen molar-refractivity contribution < 1.29 is 60.6 Å². The summed E-state index contributed by atoms with van der Waals surface area (Å²) in [6.07, 6.45) is -3.72. The van der Waals surface area contributed by atoms with Crippen LogP contribution in [0.3, 0.4) is 0 Å². The minimum atomic E-state index is -5.79. The summed E-state index contributed by atoms with van der Waals surface area (Å²) in [7, 11) is -17.0. The maximum absolute atomic E-state index is 15.0. The first-order chi connectivity index (χ1) is 15.1. The molecule has 0 spiro atoms. The molecule has 2 aromatic heterocycles. The normalized spacial score (nSPS) is 29.7. The van der Waals surface area contributed by atoms with Crippen LogP contribution in [-0.4, -0.2) is 75.2 Å². The first-order valence-electron chi connectivity index (χ1n) is 8.51. The van der Waals surface area contributed by atoms with Gasteiger partial charge in [-0.05, 0) is 0 Å². The molecule has 0 saturated carbocycles. The number of nitrogen functional groups attached to an aromatic ring is 1. The van der Waals surface area contributed by atoms with Crippen LogP contribution >= 0.6 is 23.5 Å². The van der Waals surface area contributed by atoms with Gasteiger partial charge in [0.2, 0.25) is 0 Å². The Bertz CT molecular complexity index is 1180. The van der Waals surface area contributed by atoms with Crippen LogP contribution in [0.25, 0.3) is 11.2 Å². The topological polar surface area (TPSA) is 285 Å². The van der Waals surface area contributed by atoms with Crippen molar-refractivity contribution in [3.63, 3.8) is 0 Å². The summed E-state index contributed by atoms with van der Waals surface area (Å²) < 4.78 is 67.2. The number of imidazole rings is 1. The van der Waals surface area contributed by atoms with Crippen molar-refractivity contribution in [1.82, 2.24) is 19.5 Å². The number of nitrogens with two attached hydrogens (primary N) is 2. The number of phosphoric acid groups is 3. The second kappa shape index (κ2) is 8.98. The van der Waals surface area contributed by atoms with Crippen LogP contribution in [0.4, 0.5) is 10.2 Å². The van der Waals surface area contributed by atoms with E-state index in [0.29, 0.717) is 0 Å². The lowest BCUT2D eigenvalue weighted by atomic mass is 9.97. The predicted molar refractivity (Wildman–Crippen MR) is 102 cm³/mol. The zero-order valence-electron chi connectivity index (χ0n) is 16.1. The minimum absolute atomic E-state index is 0.0227. The fourth-order valence-corrected chi connectivity index (χ4v) is 6.01. The van der Waals surface area contributed by atoms with Gasteiger partial charge in [0.1, 0.15) is 23.5 Å². The number of hydrogen-bond donors (Lipinski definition) is 7. The zero-order chi connectivity index (χ0) is 24.8. The van der Waals surface area contributed by atoms with Gasteiger partial charge in [-0.3, -0.25) is 9.09 Å². The molecule has 3 rings (SSSR count). The number of halogens is 1. The third-order valence-electron chi connectivity index (χ3n) is 4.36. The van der Waals surface area contributed by atoms with E-state index < -0.39 is 60.7 Å². The van der Waals surface area contributed by atoms with Crippen LogP contribution in [0.15, 0.2) is 12.7 Å². The first kappa shape index (κ1) is 26.2. The zero-order valence-corrected chi connectivity index (χ0v) is 18.7. The lowest BCUT2D eigenvalue weighted by Gasteiger charge is -2.30. The van der Waals surface area contributed by atoms with E-state index in [9.17, 15) is 33.0 Å². The van der Waals surface area contributed by atoms with Gasteiger partial charge >= 0.3 is 23.5 Å². The van der Waals surface area contributed by atoms with Gasteiger partial charge in [-0.2, -0.15) is 8.62 Å². The number of aromatic nitrogens is 4. The molecule has 0 aromatic carbocycles. The van der Waals surface area contributed by atoms with Gasteiger partial charge in [-0.1, -0.05) is 0 Å². The molecule has 3 unspecified atom stereocenters. The number of anilines is 1. The lowest BCUT2D eigenvalue weighted by Crippen LogP contribution is -2.51. The Morgan fingerprint density at radius 1 is 1.15 bits per heavy atom. The van der Waals surface area contributed by atoms with Crippen molar-refractivity contribution >= 4 is 40.4 Å². The molecule has 6 atom stereocenters. The molecule has 0 aliphatic carbocycles. The van der Waals surface area contributed by atoms with E-state index in [-0.39, 0.29) is 17.0 Å². The molecule has 186 valence electrons. The number of rotatable bonds is 9. The number of ether oxygens (including phenoxy) is 1. The molecule has 3 heterocycles. The van der Waals surface area contributed by atoms with Crippen molar-refractivity contribution in [3.8, 4) is 0 Å². The average molecular weight is 538 g/mol. The molecule has 22 heteroatoms. The number of fused-ring (bicyclic) bond motifs is 1. The Morgan fingerprint density at radius 2 is 1.82 bits per heavy atom. The summed E-state index contributed by atoms with van der Waals surface area (Å²) in [5, 5.41) is 10.4. The molecular formula is C11H18FN6O12P3. The van der Waals surface area contributed by atoms with Crippen LogP contribution in [0, 0.1) is 0 Å². The molecule has 1 fully saturated rings. The Morgan fingerprint density at radius 3 is 2.42 bits per heavy atom. The van der Waals surface area contributed by atoms with Gasteiger partial charge in [0.15, 0.2) is 23.9 Å². The number of alkyl halides is 1. The van der Waals surface area contributed by atoms with Crippen molar-refractivity contribution in [1.29, 1.82) is 0 Å². The molecule has 1 aliphatic heterocycles. The molecule has 33 heavy (non-hydrogen) atoms. The van der Waals surface area contributed by atoms with E-state index in [0.717, 1.165) is 17.2 Å². The van der Waals surface area contributed by atoms with E-state index in [4.69, 9.17) is 26.0 Å². The smallest absolute Gasteiger partial charge is 0.387 e. The van der Waals surface area contributed by atoms with E-state index in [1.807, 2.05) is 0 Å². The number of phosphoric ester groups is 1. The van der Waals surface area contributed by atoms with Crippen molar-refractivity contribution in [3.05, 3.63) is 12.7 Å². The molecule has 0 amide bonds. The largest absolute Gasteiger partial charge is 0.490 e. The molecule has 1 aliphatic rings. The summed E-state index contributed by atoms with van der Waals surface area (Å²) in [5.74, 6) is -0.0227. The highest BCUT2D eigenvalue weighted by Crippen LogP contribution is 2.66. The van der Waals surface area contributed by atoms with Gasteiger partial charge in [-0.25, -0.2) is 33.0 Å². The van der Waals surface area contributed by atoms with Crippen molar-refractivity contribution in [2.24, 2.45) is 5.73 Å². The monoisotopic (exact) mass is 538 g/mol. The highest BCUT2D eigenvalue weighted by atomic mass is 31.3. The van der Waals surface area contributed by atoms with Crippen LogP contribution in [0.2, 0.25) is 0 Å². The lowest BCUT2D eigenvalue weighted by molar-refractivity contribution is -0.118. The van der Waals surface area contributed by atoms with E-state index in [1.165, 1.54) is 0 Å². The molecule has 1 saturated heterocycles.